The first kappa shape index (κ1) is 13.3. The van der Waals surface area contributed by atoms with E-state index in [1.807, 2.05) is 0 Å². The molecule has 1 heterocycles. The molecule has 0 saturated heterocycles. The maximum Gasteiger partial charge on any atom is 0.416 e. The van der Waals surface area contributed by atoms with Crippen LogP contribution in [0, 0.1) is 0 Å². The largest absolute Gasteiger partial charge is 0.490 e. The Hall–Kier alpha value is -1.76. The SMILES string of the molecule is COCc1nn(C)c(OC(=O)N(C)C)c1OC. The first-order valence-electron chi connectivity index (χ1n) is 4.99. The minimum Gasteiger partial charge on any atom is -0.490 e. The Labute approximate surface area is 99.9 Å². The summed E-state index contributed by atoms with van der Waals surface area (Å²) in [5.74, 6) is 0.669. The molecular formula is C10H17N3O4. The number of hydrogen-bond acceptors (Lipinski definition) is 5. The molecule has 0 aliphatic heterocycles. The van der Waals surface area contributed by atoms with Crippen molar-refractivity contribution in [3.8, 4) is 11.6 Å². The van der Waals surface area contributed by atoms with Gasteiger partial charge in [0.05, 0.1) is 13.7 Å². The third kappa shape index (κ3) is 2.88. The lowest BCUT2D eigenvalue weighted by Gasteiger charge is -2.11. The highest BCUT2D eigenvalue weighted by atomic mass is 16.6. The Morgan fingerprint density at radius 2 is 2.06 bits per heavy atom. The summed E-state index contributed by atoms with van der Waals surface area (Å²) in [5, 5.41) is 4.15. The quantitative estimate of drug-likeness (QED) is 0.776. The zero-order valence-corrected chi connectivity index (χ0v) is 10.7. The normalized spacial score (nSPS) is 10.2. The van der Waals surface area contributed by atoms with Gasteiger partial charge < -0.3 is 19.1 Å². The molecule has 0 aliphatic carbocycles. The van der Waals surface area contributed by atoms with E-state index >= 15 is 0 Å². The number of ether oxygens (including phenoxy) is 3. The second kappa shape index (κ2) is 5.53. The second-order valence-corrected chi connectivity index (χ2v) is 3.60. The van der Waals surface area contributed by atoms with Gasteiger partial charge in [-0.05, 0) is 0 Å². The molecule has 0 atom stereocenters. The van der Waals surface area contributed by atoms with E-state index in [0.29, 0.717) is 11.4 Å². The van der Waals surface area contributed by atoms with E-state index in [1.54, 1.807) is 28.3 Å². The minimum absolute atomic E-state index is 0.262. The number of rotatable bonds is 4. The molecule has 0 unspecified atom stereocenters. The summed E-state index contributed by atoms with van der Waals surface area (Å²) in [5.41, 5.74) is 0.582. The topological polar surface area (TPSA) is 65.8 Å². The minimum atomic E-state index is -0.490. The molecule has 17 heavy (non-hydrogen) atoms. The molecule has 0 aliphatic rings. The van der Waals surface area contributed by atoms with Crippen LogP contribution in [0.25, 0.3) is 0 Å². The fourth-order valence-electron chi connectivity index (χ4n) is 1.26. The zero-order chi connectivity index (χ0) is 13.0. The molecule has 0 aromatic carbocycles. The summed E-state index contributed by atoms with van der Waals surface area (Å²) in [6, 6.07) is 0. The molecule has 0 N–H and O–H groups in total. The molecule has 1 aromatic rings. The summed E-state index contributed by atoms with van der Waals surface area (Å²) in [6.07, 6.45) is -0.490. The van der Waals surface area contributed by atoms with Crippen molar-refractivity contribution in [1.82, 2.24) is 14.7 Å². The first-order valence-corrected chi connectivity index (χ1v) is 4.99. The van der Waals surface area contributed by atoms with Crippen LogP contribution in [0.2, 0.25) is 0 Å². The van der Waals surface area contributed by atoms with Crippen LogP contribution in [0.5, 0.6) is 11.6 Å². The Balaban J connectivity index is 3.01. The Kier molecular flexibility index (Phi) is 4.33. The Morgan fingerprint density at radius 1 is 1.41 bits per heavy atom. The van der Waals surface area contributed by atoms with Crippen LogP contribution in [0.3, 0.4) is 0 Å². The van der Waals surface area contributed by atoms with Crippen molar-refractivity contribution < 1.29 is 19.0 Å². The lowest BCUT2D eigenvalue weighted by molar-refractivity contribution is 0.165. The van der Waals surface area contributed by atoms with Crippen LogP contribution in [0.1, 0.15) is 5.69 Å². The maximum absolute atomic E-state index is 11.5. The van der Waals surface area contributed by atoms with Gasteiger partial charge in [0.15, 0.2) is 0 Å². The first-order chi connectivity index (χ1) is 8.01. The van der Waals surface area contributed by atoms with Gasteiger partial charge in [-0.1, -0.05) is 0 Å². The highest BCUT2D eigenvalue weighted by Crippen LogP contribution is 2.31. The van der Waals surface area contributed by atoms with Crippen LogP contribution in [-0.4, -0.2) is 49.1 Å². The average molecular weight is 243 g/mol. The van der Waals surface area contributed by atoms with Gasteiger partial charge in [0.25, 0.3) is 5.88 Å². The fourth-order valence-corrected chi connectivity index (χ4v) is 1.26. The standard InChI is InChI=1S/C10H17N3O4/c1-12(2)10(14)17-9-8(16-5)7(6-15-4)11-13(9)3/h6H2,1-5H3. The van der Waals surface area contributed by atoms with E-state index in [1.165, 1.54) is 16.7 Å². The van der Waals surface area contributed by atoms with Crippen LogP contribution >= 0.6 is 0 Å². The van der Waals surface area contributed by atoms with Gasteiger partial charge in [0.1, 0.15) is 5.69 Å². The molecule has 0 saturated carbocycles. The van der Waals surface area contributed by atoms with E-state index in [9.17, 15) is 4.79 Å². The lowest BCUT2D eigenvalue weighted by Crippen LogP contribution is -2.26. The maximum atomic E-state index is 11.5. The predicted octanol–water partition coefficient (Wildman–Crippen LogP) is 0.636. The Morgan fingerprint density at radius 3 is 2.53 bits per heavy atom. The predicted molar refractivity (Wildman–Crippen MR) is 60.2 cm³/mol. The van der Waals surface area contributed by atoms with E-state index in [4.69, 9.17) is 14.2 Å². The van der Waals surface area contributed by atoms with E-state index in [2.05, 4.69) is 5.10 Å². The summed E-state index contributed by atoms with van der Waals surface area (Å²) >= 11 is 0. The van der Waals surface area contributed by atoms with Crippen LogP contribution < -0.4 is 9.47 Å². The molecule has 1 amide bonds. The number of carbonyl (C=O) groups is 1. The summed E-state index contributed by atoms with van der Waals surface area (Å²) < 4.78 is 16.8. The third-order valence-corrected chi connectivity index (χ3v) is 2.06. The smallest absolute Gasteiger partial charge is 0.416 e. The molecule has 1 rings (SSSR count). The highest BCUT2D eigenvalue weighted by molar-refractivity contribution is 5.70. The zero-order valence-electron chi connectivity index (χ0n) is 10.7. The molecule has 0 fully saturated rings. The van der Waals surface area contributed by atoms with Gasteiger partial charge in [-0.2, -0.15) is 5.10 Å². The monoisotopic (exact) mass is 243 g/mol. The van der Waals surface area contributed by atoms with E-state index in [0.717, 1.165) is 0 Å². The van der Waals surface area contributed by atoms with Crippen molar-refractivity contribution in [3.05, 3.63) is 5.69 Å². The summed E-state index contributed by atoms with van der Waals surface area (Å²) in [6.45, 7) is 0.288. The molecular weight excluding hydrogens is 226 g/mol. The number of methoxy groups -OCH3 is 2. The van der Waals surface area contributed by atoms with Crippen molar-refractivity contribution in [2.45, 2.75) is 6.61 Å². The van der Waals surface area contributed by atoms with Crippen molar-refractivity contribution in [3.63, 3.8) is 0 Å². The van der Waals surface area contributed by atoms with Crippen molar-refractivity contribution >= 4 is 6.09 Å². The molecule has 0 bridgehead atoms. The number of hydrogen-bond donors (Lipinski definition) is 0. The molecule has 0 radical (unpaired) electrons. The van der Waals surface area contributed by atoms with Gasteiger partial charge in [-0.15, -0.1) is 0 Å². The summed E-state index contributed by atoms with van der Waals surface area (Å²) in [7, 11) is 7.91. The summed E-state index contributed by atoms with van der Waals surface area (Å²) in [4.78, 5) is 12.8. The Bertz CT molecular complexity index is 401. The lowest BCUT2D eigenvalue weighted by atomic mass is 10.4. The van der Waals surface area contributed by atoms with Crippen LogP contribution in [-0.2, 0) is 18.4 Å². The van der Waals surface area contributed by atoms with Gasteiger partial charge in [0, 0.05) is 28.3 Å². The third-order valence-electron chi connectivity index (χ3n) is 2.06. The van der Waals surface area contributed by atoms with Crippen molar-refractivity contribution in [2.24, 2.45) is 7.05 Å². The number of carbonyl (C=O) groups excluding carboxylic acids is 1. The fraction of sp³-hybridized carbons (Fsp3) is 0.600. The number of aryl methyl sites for hydroxylation is 1. The number of nitrogens with zero attached hydrogens (tertiary/aromatic N) is 3. The number of amides is 1. The van der Waals surface area contributed by atoms with Crippen molar-refractivity contribution in [2.75, 3.05) is 28.3 Å². The highest BCUT2D eigenvalue weighted by Gasteiger charge is 2.21. The van der Waals surface area contributed by atoms with Gasteiger partial charge in [0.2, 0.25) is 5.75 Å². The van der Waals surface area contributed by atoms with E-state index < -0.39 is 6.09 Å². The van der Waals surface area contributed by atoms with Crippen LogP contribution in [0.4, 0.5) is 4.79 Å². The van der Waals surface area contributed by atoms with Gasteiger partial charge in [-0.3, -0.25) is 0 Å². The molecule has 7 heteroatoms. The molecule has 1 aromatic heterocycles. The number of aromatic nitrogens is 2. The van der Waals surface area contributed by atoms with E-state index in [-0.39, 0.29) is 12.5 Å². The van der Waals surface area contributed by atoms with Crippen molar-refractivity contribution in [1.29, 1.82) is 0 Å². The van der Waals surface area contributed by atoms with Gasteiger partial charge >= 0.3 is 6.09 Å². The second-order valence-electron chi connectivity index (χ2n) is 3.60. The molecule has 7 nitrogen and oxygen atoms in total. The van der Waals surface area contributed by atoms with Gasteiger partial charge in [-0.25, -0.2) is 9.48 Å². The average Bonchev–Trinajstić information content (AvgIpc) is 2.55. The molecule has 96 valence electrons. The van der Waals surface area contributed by atoms with Crippen LogP contribution in [0.15, 0.2) is 0 Å². The molecule has 0 spiro atoms.